The molecule has 0 aliphatic carbocycles. The molecule has 0 saturated carbocycles. The summed E-state index contributed by atoms with van der Waals surface area (Å²) in [6, 6.07) is -13.9. The van der Waals surface area contributed by atoms with E-state index >= 15 is 0 Å². The second-order valence-corrected chi connectivity index (χ2v) is 18.9. The molecule has 0 aliphatic rings. The first-order valence-corrected chi connectivity index (χ1v) is 25.0. The maximum Gasteiger partial charge on any atom is 0.326 e. The van der Waals surface area contributed by atoms with Crippen molar-refractivity contribution < 1.29 is 78.0 Å². The molecule has 9 amide bonds. The molecule has 0 rings (SSSR count). The van der Waals surface area contributed by atoms with Crippen molar-refractivity contribution in [2.24, 2.45) is 45.7 Å². The molecule has 0 spiro atoms. The minimum atomic E-state index is -1.77. The van der Waals surface area contributed by atoms with Crippen LogP contribution in [-0.4, -0.2) is 170 Å². The number of hydrogen-bond acceptors (Lipinski definition) is 16. The van der Waals surface area contributed by atoms with Crippen LogP contribution in [0.4, 0.5) is 0 Å². The summed E-state index contributed by atoms with van der Waals surface area (Å²) < 4.78 is 0. The molecule has 0 aromatic heterocycles. The van der Waals surface area contributed by atoms with Gasteiger partial charge in [-0.15, -0.1) is 0 Å². The Bertz CT molecular complexity index is 2020. The molecule has 0 aromatic carbocycles. The van der Waals surface area contributed by atoms with Crippen molar-refractivity contribution >= 4 is 89.7 Å². The average Bonchev–Trinajstić information content (AvgIpc) is 3.32. The zero-order valence-corrected chi connectivity index (χ0v) is 44.3. The number of guanidine groups is 1. The number of aliphatic hydroxyl groups excluding tert-OH is 1. The van der Waals surface area contributed by atoms with Crippen LogP contribution in [0.15, 0.2) is 4.99 Å². The number of nitrogens with one attached hydrogen (secondary N) is 8. The number of amides is 9. The number of hydrogen-bond donors (Lipinski definition) is 17. The Kier molecular flexibility index (Phi) is 31.5. The van der Waals surface area contributed by atoms with E-state index in [-0.39, 0.29) is 44.1 Å². The van der Waals surface area contributed by atoms with Gasteiger partial charge in [-0.2, -0.15) is 12.6 Å². The summed E-state index contributed by atoms with van der Waals surface area (Å²) in [5.41, 5.74) is 21.6. The third-order valence-corrected chi connectivity index (χ3v) is 12.0. The van der Waals surface area contributed by atoms with Crippen molar-refractivity contribution in [2.75, 3.05) is 12.3 Å². The van der Waals surface area contributed by atoms with E-state index in [9.17, 15) is 78.0 Å². The highest BCUT2D eigenvalue weighted by molar-refractivity contribution is 7.80. The van der Waals surface area contributed by atoms with Gasteiger partial charge in [-0.1, -0.05) is 54.4 Å². The summed E-state index contributed by atoms with van der Waals surface area (Å²) >= 11 is 4.17. The van der Waals surface area contributed by atoms with Crippen LogP contribution in [0.1, 0.15) is 113 Å². The average molecular weight is 1090 g/mol. The topological polar surface area (TPSA) is 498 Å². The standard InChI is InChI=1S/C45H79N13O16S/c1-8-21(5)33(42(71)58-35(23(7)59)43(72)53-25(11-10-16-50-45(48)49)39(68)57-34(44(73)74)22(6)9-2)56-41(70)29(19-75)55-38(67)27(13-15-32(63)64)51-37(66)26(12-14-31(61)62)52-40(69)28(17-20(3)4)54-36(65)24(46)18-30(47)60/h20-29,33-35,59,75H,8-19,46H2,1-7H3,(H2,47,60)(H,51,66)(H,52,69)(H,53,72)(H,54,65)(H,55,67)(H,56,70)(H,57,68)(H,58,71)(H,61,62)(H,63,64)(H,73,74)(H4,48,49,50)/t21-,22-,23+,24-,25-,26-,27-,28-,29-,33-,34-,35-/m0/s1. The first-order valence-electron chi connectivity index (χ1n) is 24.4. The summed E-state index contributed by atoms with van der Waals surface area (Å²) in [4.78, 5) is 159. The minimum Gasteiger partial charge on any atom is -0.481 e. The molecule has 0 fully saturated rings. The Morgan fingerprint density at radius 1 is 0.520 bits per heavy atom. The van der Waals surface area contributed by atoms with Crippen LogP contribution in [0.3, 0.4) is 0 Å². The van der Waals surface area contributed by atoms with E-state index in [2.05, 4.69) is 60.2 Å². The smallest absolute Gasteiger partial charge is 0.326 e. The summed E-state index contributed by atoms with van der Waals surface area (Å²) in [5.74, 6) is -15.5. The van der Waals surface area contributed by atoms with Crippen LogP contribution in [0.25, 0.3) is 0 Å². The van der Waals surface area contributed by atoms with Gasteiger partial charge in [0, 0.05) is 25.1 Å². The van der Waals surface area contributed by atoms with E-state index in [1.54, 1.807) is 41.5 Å². The minimum absolute atomic E-state index is 0.0185. The Balaban J connectivity index is 6.65. The molecule has 0 unspecified atom stereocenters. The lowest BCUT2D eigenvalue weighted by Gasteiger charge is -2.30. The molecule has 0 saturated heterocycles. The Labute approximate surface area is 440 Å². The van der Waals surface area contributed by atoms with Gasteiger partial charge < -0.3 is 85.9 Å². The van der Waals surface area contributed by atoms with Gasteiger partial charge in [0.2, 0.25) is 53.2 Å². The molecule has 12 atom stereocenters. The van der Waals surface area contributed by atoms with Crippen molar-refractivity contribution in [3.8, 4) is 0 Å². The number of aliphatic carboxylic acids is 3. The van der Waals surface area contributed by atoms with E-state index in [4.69, 9.17) is 22.9 Å². The third kappa shape index (κ3) is 26.3. The van der Waals surface area contributed by atoms with E-state index < -0.39 is 181 Å². The van der Waals surface area contributed by atoms with Gasteiger partial charge >= 0.3 is 17.9 Å². The van der Waals surface area contributed by atoms with Crippen LogP contribution in [0.5, 0.6) is 0 Å². The summed E-state index contributed by atoms with van der Waals surface area (Å²) in [6.45, 7) is 11.1. The number of thiol groups is 1. The largest absolute Gasteiger partial charge is 0.481 e. The van der Waals surface area contributed by atoms with Crippen molar-refractivity contribution in [1.82, 2.24) is 42.5 Å². The molecular weight excluding hydrogens is 1010 g/mol. The molecule has 20 N–H and O–H groups in total. The number of carbonyl (C=O) groups is 12. The third-order valence-electron chi connectivity index (χ3n) is 11.7. The lowest BCUT2D eigenvalue weighted by molar-refractivity contribution is -0.144. The summed E-state index contributed by atoms with van der Waals surface area (Å²) in [7, 11) is 0. The molecule has 0 bridgehead atoms. The number of rotatable bonds is 37. The van der Waals surface area contributed by atoms with Gasteiger partial charge in [0.1, 0.15) is 48.3 Å². The van der Waals surface area contributed by atoms with Gasteiger partial charge in [-0.25, -0.2) is 4.79 Å². The predicted molar refractivity (Wildman–Crippen MR) is 272 cm³/mol. The van der Waals surface area contributed by atoms with Crippen LogP contribution in [-0.2, 0) is 57.5 Å². The normalized spacial score (nSPS) is 15.9. The summed E-state index contributed by atoms with van der Waals surface area (Å²) in [6.07, 6.45) is -4.20. The predicted octanol–water partition coefficient (Wildman–Crippen LogP) is -4.62. The Morgan fingerprint density at radius 3 is 1.33 bits per heavy atom. The highest BCUT2D eigenvalue weighted by atomic mass is 32.1. The van der Waals surface area contributed by atoms with Gasteiger partial charge in [0.25, 0.3) is 0 Å². The SMILES string of the molecule is CC[C@H](C)[C@H](NC(=O)[C@H](CCCN=C(N)N)NC(=O)[C@@H](NC(=O)[C@@H](NC(=O)[C@H](CS)NC(=O)[C@H](CCC(=O)O)NC(=O)[C@H](CCC(=O)O)NC(=O)[C@H](CC(C)C)NC(=O)[C@@H](N)CC(N)=O)[C@@H](C)CC)[C@@H](C)O)C(=O)O. The Morgan fingerprint density at radius 2 is 0.907 bits per heavy atom. The molecule has 29 nitrogen and oxygen atoms in total. The maximum atomic E-state index is 14.0. The molecule has 0 radical (unpaired) electrons. The molecule has 426 valence electrons. The Hall–Kier alpha value is -6.82. The molecule has 0 aromatic rings. The monoisotopic (exact) mass is 1090 g/mol. The molecule has 75 heavy (non-hydrogen) atoms. The highest BCUT2D eigenvalue weighted by Crippen LogP contribution is 2.14. The molecular formula is C45H79N13O16S. The number of carboxylic acid groups (broad SMARTS) is 3. The molecule has 0 heterocycles. The van der Waals surface area contributed by atoms with Gasteiger partial charge in [0.15, 0.2) is 5.96 Å². The fourth-order valence-electron chi connectivity index (χ4n) is 6.95. The van der Waals surface area contributed by atoms with Gasteiger partial charge in [0.05, 0.1) is 18.6 Å². The van der Waals surface area contributed by atoms with Crippen LogP contribution in [0.2, 0.25) is 0 Å². The number of carbonyl (C=O) groups excluding carboxylic acids is 9. The van der Waals surface area contributed by atoms with Crippen molar-refractivity contribution in [2.45, 2.75) is 173 Å². The number of nitrogens with zero attached hydrogens (tertiary/aromatic N) is 1. The molecule has 0 aliphatic heterocycles. The fraction of sp³-hybridized carbons (Fsp3) is 0.711. The highest BCUT2D eigenvalue weighted by Gasteiger charge is 2.38. The van der Waals surface area contributed by atoms with E-state index in [1.165, 1.54) is 0 Å². The first-order chi connectivity index (χ1) is 34.9. The quantitative estimate of drug-likeness (QED) is 0.0120. The zero-order chi connectivity index (χ0) is 57.9. The van der Waals surface area contributed by atoms with Crippen molar-refractivity contribution in [3.05, 3.63) is 0 Å². The summed E-state index contributed by atoms with van der Waals surface area (Å²) in [5, 5.41) is 58.5. The van der Waals surface area contributed by atoms with E-state index in [0.717, 1.165) is 6.92 Å². The van der Waals surface area contributed by atoms with E-state index in [0.29, 0.717) is 6.42 Å². The number of nitrogens with two attached hydrogens (primary N) is 4. The second-order valence-electron chi connectivity index (χ2n) is 18.5. The van der Waals surface area contributed by atoms with Crippen molar-refractivity contribution in [1.29, 1.82) is 0 Å². The number of aliphatic imine (C=N–C) groups is 1. The number of carboxylic acids is 3. The zero-order valence-electron chi connectivity index (χ0n) is 43.4. The maximum absolute atomic E-state index is 14.0. The first kappa shape index (κ1) is 68.2. The lowest BCUT2D eigenvalue weighted by atomic mass is 9.97. The van der Waals surface area contributed by atoms with Crippen LogP contribution in [0, 0.1) is 17.8 Å². The lowest BCUT2D eigenvalue weighted by Crippen LogP contribution is -2.63. The second kappa shape index (κ2) is 34.6. The molecule has 30 heteroatoms. The van der Waals surface area contributed by atoms with Crippen LogP contribution >= 0.6 is 12.6 Å². The van der Waals surface area contributed by atoms with E-state index in [1.807, 2.05) is 0 Å². The van der Waals surface area contributed by atoms with Gasteiger partial charge in [-0.3, -0.25) is 57.7 Å². The van der Waals surface area contributed by atoms with Gasteiger partial charge in [-0.05, 0) is 56.8 Å². The fourth-order valence-corrected chi connectivity index (χ4v) is 7.21. The van der Waals surface area contributed by atoms with Crippen molar-refractivity contribution in [3.63, 3.8) is 0 Å². The van der Waals surface area contributed by atoms with Crippen LogP contribution < -0.4 is 65.5 Å². The number of primary amides is 1. The number of aliphatic hydroxyl groups is 1.